The maximum absolute atomic E-state index is 5.68. The molecule has 0 amide bonds. The SMILES string of the molecule is COc1ccc(CC(NN)c2ccc(C)s2)cc1Br. The molecule has 3 N–H and O–H groups in total. The van der Waals surface area contributed by atoms with E-state index in [1.807, 2.05) is 6.07 Å². The summed E-state index contributed by atoms with van der Waals surface area (Å²) in [5.41, 5.74) is 4.10. The van der Waals surface area contributed by atoms with Crippen LogP contribution in [0, 0.1) is 6.92 Å². The van der Waals surface area contributed by atoms with Crippen LogP contribution >= 0.6 is 27.3 Å². The number of methoxy groups -OCH3 is 1. The molecule has 1 heterocycles. The summed E-state index contributed by atoms with van der Waals surface area (Å²) in [6.45, 7) is 2.10. The van der Waals surface area contributed by atoms with Crippen LogP contribution in [0.1, 0.15) is 21.4 Å². The molecule has 19 heavy (non-hydrogen) atoms. The topological polar surface area (TPSA) is 47.3 Å². The monoisotopic (exact) mass is 340 g/mol. The number of nitrogens with one attached hydrogen (secondary N) is 1. The third-order valence-corrected chi connectivity index (χ3v) is 4.70. The van der Waals surface area contributed by atoms with E-state index in [-0.39, 0.29) is 6.04 Å². The Kier molecular flexibility index (Phi) is 4.99. The third kappa shape index (κ3) is 3.57. The zero-order valence-corrected chi connectivity index (χ0v) is 13.3. The summed E-state index contributed by atoms with van der Waals surface area (Å²) < 4.78 is 6.20. The zero-order chi connectivity index (χ0) is 13.8. The minimum absolute atomic E-state index is 0.138. The average molecular weight is 341 g/mol. The van der Waals surface area contributed by atoms with E-state index in [0.717, 1.165) is 16.6 Å². The van der Waals surface area contributed by atoms with Gasteiger partial charge in [-0.15, -0.1) is 11.3 Å². The molecule has 1 aromatic heterocycles. The fourth-order valence-electron chi connectivity index (χ4n) is 1.95. The molecule has 1 atom stereocenters. The largest absolute Gasteiger partial charge is 0.496 e. The number of rotatable bonds is 5. The van der Waals surface area contributed by atoms with E-state index < -0.39 is 0 Å². The molecule has 0 aliphatic carbocycles. The van der Waals surface area contributed by atoms with Gasteiger partial charge in [-0.3, -0.25) is 11.3 Å². The second-order valence-electron chi connectivity index (χ2n) is 4.34. The van der Waals surface area contributed by atoms with Crippen molar-refractivity contribution in [1.82, 2.24) is 5.43 Å². The summed E-state index contributed by atoms with van der Waals surface area (Å²) in [5.74, 6) is 6.52. The van der Waals surface area contributed by atoms with Gasteiger partial charge in [-0.2, -0.15) is 0 Å². The molecule has 0 aliphatic heterocycles. The Morgan fingerprint density at radius 1 is 1.37 bits per heavy atom. The van der Waals surface area contributed by atoms with Crippen LogP contribution in [0.4, 0.5) is 0 Å². The van der Waals surface area contributed by atoms with Crippen molar-refractivity contribution >= 4 is 27.3 Å². The summed E-state index contributed by atoms with van der Waals surface area (Å²) in [4.78, 5) is 2.55. The summed E-state index contributed by atoms with van der Waals surface area (Å²) in [7, 11) is 1.67. The maximum atomic E-state index is 5.68. The molecule has 0 saturated heterocycles. The number of hydrogen-bond acceptors (Lipinski definition) is 4. The second-order valence-corrected chi connectivity index (χ2v) is 6.51. The molecule has 102 valence electrons. The second kappa shape index (κ2) is 6.52. The van der Waals surface area contributed by atoms with Crippen LogP contribution in [0.5, 0.6) is 5.75 Å². The van der Waals surface area contributed by atoms with Crippen LogP contribution in [0.25, 0.3) is 0 Å². The van der Waals surface area contributed by atoms with Crippen molar-refractivity contribution in [2.45, 2.75) is 19.4 Å². The average Bonchev–Trinajstić information content (AvgIpc) is 2.82. The highest BCUT2D eigenvalue weighted by atomic mass is 79.9. The van der Waals surface area contributed by atoms with Crippen molar-refractivity contribution in [2.24, 2.45) is 5.84 Å². The maximum Gasteiger partial charge on any atom is 0.133 e. The first-order valence-electron chi connectivity index (χ1n) is 5.99. The van der Waals surface area contributed by atoms with Gasteiger partial charge in [-0.05, 0) is 59.1 Å². The lowest BCUT2D eigenvalue weighted by molar-refractivity contribution is 0.412. The lowest BCUT2D eigenvalue weighted by atomic mass is 10.1. The minimum Gasteiger partial charge on any atom is -0.496 e. The van der Waals surface area contributed by atoms with Gasteiger partial charge in [0.1, 0.15) is 5.75 Å². The van der Waals surface area contributed by atoms with Crippen molar-refractivity contribution in [1.29, 1.82) is 0 Å². The first kappa shape index (κ1) is 14.5. The molecule has 0 radical (unpaired) electrons. The molecule has 1 aromatic carbocycles. The van der Waals surface area contributed by atoms with Crippen LogP contribution in [-0.4, -0.2) is 7.11 Å². The Morgan fingerprint density at radius 2 is 2.16 bits per heavy atom. The molecule has 1 unspecified atom stereocenters. The molecule has 0 spiro atoms. The Hall–Kier alpha value is -0.880. The molecular weight excluding hydrogens is 324 g/mol. The van der Waals surface area contributed by atoms with E-state index in [0.29, 0.717) is 0 Å². The first-order chi connectivity index (χ1) is 9.13. The normalized spacial score (nSPS) is 12.4. The van der Waals surface area contributed by atoms with E-state index in [1.54, 1.807) is 18.4 Å². The smallest absolute Gasteiger partial charge is 0.133 e. The van der Waals surface area contributed by atoms with E-state index in [9.17, 15) is 0 Å². The van der Waals surface area contributed by atoms with Gasteiger partial charge in [0.15, 0.2) is 0 Å². The minimum atomic E-state index is 0.138. The number of aryl methyl sites for hydroxylation is 1. The van der Waals surface area contributed by atoms with E-state index >= 15 is 0 Å². The van der Waals surface area contributed by atoms with Crippen molar-refractivity contribution in [3.05, 3.63) is 50.1 Å². The van der Waals surface area contributed by atoms with Gasteiger partial charge in [0.25, 0.3) is 0 Å². The van der Waals surface area contributed by atoms with Crippen molar-refractivity contribution in [3.63, 3.8) is 0 Å². The molecule has 0 fully saturated rings. The van der Waals surface area contributed by atoms with Gasteiger partial charge in [-0.1, -0.05) is 6.07 Å². The standard InChI is InChI=1S/C14H17BrN2OS/c1-9-3-6-14(19-9)12(17-16)8-10-4-5-13(18-2)11(15)7-10/h3-7,12,17H,8,16H2,1-2H3. The lowest BCUT2D eigenvalue weighted by Gasteiger charge is -2.15. The van der Waals surface area contributed by atoms with E-state index in [4.69, 9.17) is 10.6 Å². The predicted octanol–water partition coefficient (Wildman–Crippen LogP) is 3.57. The summed E-state index contributed by atoms with van der Waals surface area (Å²) in [5, 5.41) is 0. The molecule has 0 saturated carbocycles. The molecule has 5 heteroatoms. The van der Waals surface area contributed by atoms with Crippen LogP contribution in [0.15, 0.2) is 34.8 Å². The Balaban J connectivity index is 2.16. The van der Waals surface area contributed by atoms with E-state index in [1.165, 1.54) is 15.3 Å². The number of benzene rings is 1. The van der Waals surface area contributed by atoms with Crippen molar-refractivity contribution in [3.8, 4) is 5.75 Å². The van der Waals surface area contributed by atoms with Gasteiger partial charge < -0.3 is 4.74 Å². The van der Waals surface area contributed by atoms with Crippen LogP contribution in [0.2, 0.25) is 0 Å². The molecule has 0 aliphatic rings. The number of hydrogen-bond donors (Lipinski definition) is 2. The molecule has 3 nitrogen and oxygen atoms in total. The van der Waals surface area contributed by atoms with E-state index in [2.05, 4.69) is 52.5 Å². The fourth-order valence-corrected chi connectivity index (χ4v) is 3.48. The number of ether oxygens (including phenoxy) is 1. The highest BCUT2D eigenvalue weighted by Crippen LogP contribution is 2.29. The number of hydrazine groups is 1. The Labute approximate surface area is 125 Å². The van der Waals surface area contributed by atoms with Crippen LogP contribution in [0.3, 0.4) is 0 Å². The van der Waals surface area contributed by atoms with Crippen molar-refractivity contribution < 1.29 is 4.74 Å². The number of halogens is 1. The summed E-state index contributed by atoms with van der Waals surface area (Å²) in [6.07, 6.45) is 0.846. The predicted molar refractivity (Wildman–Crippen MR) is 83.5 cm³/mol. The van der Waals surface area contributed by atoms with Crippen LogP contribution in [-0.2, 0) is 6.42 Å². The quantitative estimate of drug-likeness (QED) is 0.646. The molecule has 2 rings (SSSR count). The molecule has 0 bridgehead atoms. The van der Waals surface area contributed by atoms with Gasteiger partial charge in [0, 0.05) is 9.75 Å². The van der Waals surface area contributed by atoms with Gasteiger partial charge in [0.05, 0.1) is 17.6 Å². The summed E-state index contributed by atoms with van der Waals surface area (Å²) in [6, 6.07) is 10.5. The first-order valence-corrected chi connectivity index (χ1v) is 7.60. The third-order valence-electron chi connectivity index (χ3n) is 2.96. The fraction of sp³-hybridized carbons (Fsp3) is 0.286. The number of thiophene rings is 1. The molecular formula is C14H17BrN2OS. The molecule has 2 aromatic rings. The van der Waals surface area contributed by atoms with Gasteiger partial charge in [-0.25, -0.2) is 0 Å². The number of nitrogens with two attached hydrogens (primary N) is 1. The van der Waals surface area contributed by atoms with Gasteiger partial charge in [0.2, 0.25) is 0 Å². The zero-order valence-electron chi connectivity index (χ0n) is 10.9. The highest BCUT2D eigenvalue weighted by Gasteiger charge is 2.13. The lowest BCUT2D eigenvalue weighted by Crippen LogP contribution is -2.28. The Bertz CT molecular complexity index is 556. The van der Waals surface area contributed by atoms with Gasteiger partial charge >= 0.3 is 0 Å². The Morgan fingerprint density at radius 3 is 2.68 bits per heavy atom. The summed E-state index contributed by atoms with van der Waals surface area (Å²) >= 11 is 5.28. The highest BCUT2D eigenvalue weighted by molar-refractivity contribution is 9.10. The van der Waals surface area contributed by atoms with Crippen LogP contribution < -0.4 is 16.0 Å². The van der Waals surface area contributed by atoms with Crippen molar-refractivity contribution in [2.75, 3.05) is 7.11 Å².